The van der Waals surface area contributed by atoms with Gasteiger partial charge in [0.2, 0.25) is 0 Å². The second-order valence-electron chi connectivity index (χ2n) is 3.83. The first kappa shape index (κ1) is 13.9. The van der Waals surface area contributed by atoms with E-state index in [1.54, 1.807) is 0 Å². The van der Waals surface area contributed by atoms with E-state index in [1.165, 1.54) is 18.2 Å². The van der Waals surface area contributed by atoms with Gasteiger partial charge in [0.25, 0.3) is 0 Å². The molecule has 0 bridgehead atoms. The number of halogens is 5. The Morgan fingerprint density at radius 3 is 2.16 bits per heavy atom. The molecule has 0 unspecified atom stereocenters. The Kier molecular flexibility index (Phi) is 4.09. The van der Waals surface area contributed by atoms with E-state index in [0.29, 0.717) is 22.2 Å². The maximum absolute atomic E-state index is 13.4. The van der Waals surface area contributed by atoms with Gasteiger partial charge in [0.05, 0.1) is 0 Å². The van der Waals surface area contributed by atoms with Gasteiger partial charge in [-0.3, -0.25) is 0 Å². The van der Waals surface area contributed by atoms with Crippen molar-refractivity contribution in [1.82, 2.24) is 0 Å². The zero-order valence-electron chi connectivity index (χ0n) is 9.48. The SMILES string of the molecule is Fc1cc(F)c(NCc2cc(F)ccc2Br)c(F)c1. The molecule has 1 nitrogen and oxygen atoms in total. The monoisotopic (exact) mass is 333 g/mol. The van der Waals surface area contributed by atoms with Crippen LogP contribution in [-0.4, -0.2) is 0 Å². The van der Waals surface area contributed by atoms with Gasteiger partial charge in [-0.05, 0) is 23.8 Å². The number of hydrogen-bond donors (Lipinski definition) is 1. The van der Waals surface area contributed by atoms with Gasteiger partial charge < -0.3 is 5.32 Å². The Morgan fingerprint density at radius 1 is 0.895 bits per heavy atom. The average Bonchev–Trinajstić information content (AvgIpc) is 2.32. The molecule has 0 atom stereocenters. The van der Waals surface area contributed by atoms with E-state index in [2.05, 4.69) is 21.2 Å². The normalized spacial score (nSPS) is 10.6. The summed E-state index contributed by atoms with van der Waals surface area (Å²) in [5, 5.41) is 2.48. The van der Waals surface area contributed by atoms with Crippen molar-refractivity contribution in [3.05, 3.63) is 63.6 Å². The third kappa shape index (κ3) is 3.26. The number of hydrogen-bond acceptors (Lipinski definition) is 1. The van der Waals surface area contributed by atoms with Crippen LogP contribution in [0, 0.1) is 23.3 Å². The molecule has 100 valence electrons. The maximum atomic E-state index is 13.4. The van der Waals surface area contributed by atoms with Crippen molar-refractivity contribution in [2.75, 3.05) is 5.32 Å². The molecule has 0 aliphatic heterocycles. The minimum Gasteiger partial charge on any atom is -0.376 e. The Labute approximate surface area is 115 Å². The second-order valence-corrected chi connectivity index (χ2v) is 4.69. The summed E-state index contributed by atoms with van der Waals surface area (Å²) in [5.74, 6) is -3.53. The summed E-state index contributed by atoms with van der Waals surface area (Å²) < 4.78 is 53.1. The van der Waals surface area contributed by atoms with Gasteiger partial charge in [0, 0.05) is 23.2 Å². The molecule has 2 aromatic rings. The molecule has 0 saturated heterocycles. The standard InChI is InChI=1S/C13H8BrF4N/c14-10-2-1-8(15)3-7(10)6-19-13-11(17)4-9(16)5-12(13)18/h1-5,19H,6H2. The molecule has 19 heavy (non-hydrogen) atoms. The lowest BCUT2D eigenvalue weighted by Crippen LogP contribution is -2.05. The minimum absolute atomic E-state index is 0.00217. The summed E-state index contributed by atoms with van der Waals surface area (Å²) in [4.78, 5) is 0. The van der Waals surface area contributed by atoms with Gasteiger partial charge in [-0.1, -0.05) is 15.9 Å². The topological polar surface area (TPSA) is 12.0 Å². The molecule has 0 aliphatic carbocycles. The Hall–Kier alpha value is -1.56. The van der Waals surface area contributed by atoms with Crippen molar-refractivity contribution in [2.45, 2.75) is 6.54 Å². The molecule has 2 rings (SSSR count). The molecular formula is C13H8BrF4N. The van der Waals surface area contributed by atoms with E-state index in [9.17, 15) is 17.6 Å². The zero-order chi connectivity index (χ0) is 14.0. The fraction of sp³-hybridized carbons (Fsp3) is 0.0769. The van der Waals surface area contributed by atoms with E-state index in [4.69, 9.17) is 0 Å². The summed E-state index contributed by atoms with van der Waals surface area (Å²) in [6, 6.07) is 5.13. The van der Waals surface area contributed by atoms with Crippen molar-refractivity contribution in [2.24, 2.45) is 0 Å². The molecule has 0 radical (unpaired) electrons. The van der Waals surface area contributed by atoms with Crippen LogP contribution in [0.25, 0.3) is 0 Å². The van der Waals surface area contributed by atoms with Crippen LogP contribution in [0.15, 0.2) is 34.8 Å². The van der Waals surface area contributed by atoms with Crippen LogP contribution in [0.2, 0.25) is 0 Å². The average molecular weight is 334 g/mol. The molecule has 0 aromatic heterocycles. The molecule has 0 heterocycles. The first-order valence-electron chi connectivity index (χ1n) is 5.29. The van der Waals surface area contributed by atoms with Crippen molar-refractivity contribution in [1.29, 1.82) is 0 Å². The summed E-state index contributed by atoms with van der Waals surface area (Å²) >= 11 is 3.20. The fourth-order valence-corrected chi connectivity index (χ4v) is 1.96. The third-order valence-electron chi connectivity index (χ3n) is 2.47. The van der Waals surface area contributed by atoms with Gasteiger partial charge in [-0.25, -0.2) is 17.6 Å². The van der Waals surface area contributed by atoms with Gasteiger partial charge in [0.15, 0.2) is 11.6 Å². The zero-order valence-corrected chi connectivity index (χ0v) is 11.1. The Balaban J connectivity index is 2.21. The molecular weight excluding hydrogens is 326 g/mol. The van der Waals surface area contributed by atoms with Gasteiger partial charge >= 0.3 is 0 Å². The van der Waals surface area contributed by atoms with E-state index in [0.717, 1.165) is 0 Å². The van der Waals surface area contributed by atoms with Gasteiger partial charge in [-0.15, -0.1) is 0 Å². The summed E-state index contributed by atoms with van der Waals surface area (Å²) in [5.41, 5.74) is 0.0423. The van der Waals surface area contributed by atoms with Crippen molar-refractivity contribution < 1.29 is 17.6 Å². The fourth-order valence-electron chi connectivity index (χ4n) is 1.57. The molecule has 0 fully saturated rings. The molecule has 0 aliphatic rings. The number of benzene rings is 2. The van der Waals surface area contributed by atoms with Crippen LogP contribution < -0.4 is 5.32 Å². The molecule has 6 heteroatoms. The van der Waals surface area contributed by atoms with E-state index >= 15 is 0 Å². The van der Waals surface area contributed by atoms with Gasteiger partial charge in [0.1, 0.15) is 17.3 Å². The molecule has 2 aromatic carbocycles. The van der Waals surface area contributed by atoms with E-state index in [-0.39, 0.29) is 6.54 Å². The van der Waals surface area contributed by atoms with Crippen LogP contribution in [-0.2, 0) is 6.54 Å². The Bertz CT molecular complexity index is 593. The lowest BCUT2D eigenvalue weighted by Gasteiger charge is -2.10. The van der Waals surface area contributed by atoms with Crippen LogP contribution in [0.5, 0.6) is 0 Å². The van der Waals surface area contributed by atoms with Crippen molar-refractivity contribution in [3.63, 3.8) is 0 Å². The number of nitrogens with one attached hydrogen (secondary N) is 1. The number of anilines is 1. The number of rotatable bonds is 3. The predicted octanol–water partition coefficient (Wildman–Crippen LogP) is 4.62. The van der Waals surface area contributed by atoms with Crippen LogP contribution in [0.4, 0.5) is 23.2 Å². The highest BCUT2D eigenvalue weighted by Crippen LogP contribution is 2.23. The summed E-state index contributed by atoms with van der Waals surface area (Å²) in [6.45, 7) is -0.00217. The van der Waals surface area contributed by atoms with Gasteiger partial charge in [-0.2, -0.15) is 0 Å². The summed E-state index contributed by atoms with van der Waals surface area (Å²) in [6.07, 6.45) is 0. The van der Waals surface area contributed by atoms with E-state index < -0.39 is 29.0 Å². The van der Waals surface area contributed by atoms with Crippen LogP contribution in [0.1, 0.15) is 5.56 Å². The van der Waals surface area contributed by atoms with Crippen molar-refractivity contribution >= 4 is 21.6 Å². The minimum atomic E-state index is -1.04. The quantitative estimate of drug-likeness (QED) is 0.808. The molecule has 0 saturated carbocycles. The first-order valence-corrected chi connectivity index (χ1v) is 6.09. The molecule has 0 amide bonds. The maximum Gasteiger partial charge on any atom is 0.152 e. The third-order valence-corrected chi connectivity index (χ3v) is 3.24. The predicted molar refractivity (Wildman–Crippen MR) is 67.7 cm³/mol. The largest absolute Gasteiger partial charge is 0.376 e. The highest BCUT2D eigenvalue weighted by molar-refractivity contribution is 9.10. The molecule has 1 N–H and O–H groups in total. The second kappa shape index (κ2) is 5.61. The Morgan fingerprint density at radius 2 is 1.53 bits per heavy atom. The smallest absolute Gasteiger partial charge is 0.152 e. The highest BCUT2D eigenvalue weighted by Gasteiger charge is 2.11. The highest BCUT2D eigenvalue weighted by atomic mass is 79.9. The lowest BCUT2D eigenvalue weighted by atomic mass is 10.2. The van der Waals surface area contributed by atoms with E-state index in [1.807, 2.05) is 0 Å². The first-order chi connectivity index (χ1) is 8.97. The van der Waals surface area contributed by atoms with Crippen LogP contribution in [0.3, 0.4) is 0 Å². The molecule has 0 spiro atoms. The van der Waals surface area contributed by atoms with Crippen molar-refractivity contribution in [3.8, 4) is 0 Å². The lowest BCUT2D eigenvalue weighted by molar-refractivity contribution is 0.547. The van der Waals surface area contributed by atoms with Crippen LogP contribution >= 0.6 is 15.9 Å². The summed E-state index contributed by atoms with van der Waals surface area (Å²) in [7, 11) is 0.